The molecule has 1 saturated carbocycles. The lowest BCUT2D eigenvalue weighted by Crippen LogP contribution is -2.65. The number of fused-ring (bicyclic) bond motifs is 3. The fourth-order valence-corrected chi connectivity index (χ4v) is 6.80. The number of amides is 1. The van der Waals surface area contributed by atoms with E-state index in [0.717, 1.165) is 0 Å². The van der Waals surface area contributed by atoms with Gasteiger partial charge in [-0.25, -0.2) is 0 Å². The predicted octanol–water partition coefficient (Wildman–Crippen LogP) is 1.90. The molecule has 5 rings (SSSR count). The average Bonchev–Trinajstić information content (AvgIpc) is 2.90. The monoisotopic (exact) mass is 575 g/mol. The zero-order chi connectivity index (χ0) is 31.0. The first kappa shape index (κ1) is 29.0. The van der Waals surface area contributed by atoms with Gasteiger partial charge >= 0.3 is 0 Å². The summed E-state index contributed by atoms with van der Waals surface area (Å²) in [6.45, 7) is 1.44. The quantitative estimate of drug-likeness (QED) is 0.261. The molecule has 0 aliphatic heterocycles. The van der Waals surface area contributed by atoms with E-state index < -0.39 is 58.0 Å². The van der Waals surface area contributed by atoms with Crippen LogP contribution in [-0.4, -0.2) is 88.4 Å². The number of carbonyl (C=O) groups is 4. The van der Waals surface area contributed by atoms with E-state index in [9.17, 15) is 39.6 Å². The Hall–Kier alpha value is -4.48. The normalized spacial score (nSPS) is 25.3. The summed E-state index contributed by atoms with van der Waals surface area (Å²) in [7, 11) is 6.71. The molecule has 3 aliphatic rings. The van der Waals surface area contributed by atoms with Crippen LogP contribution in [0.3, 0.4) is 0 Å². The largest absolute Gasteiger partial charge is 0.508 e. The molecule has 4 atom stereocenters. The van der Waals surface area contributed by atoms with Crippen LogP contribution in [0.1, 0.15) is 34.8 Å². The number of carbonyl (C=O) groups excluding carboxylic acids is 4. The summed E-state index contributed by atoms with van der Waals surface area (Å²) in [6.07, 6.45) is 0.187. The molecular formula is C31H33N3O8. The van der Waals surface area contributed by atoms with Crippen LogP contribution in [0.5, 0.6) is 5.75 Å². The number of primary amides is 1. The van der Waals surface area contributed by atoms with Gasteiger partial charge in [0, 0.05) is 42.4 Å². The topological polar surface area (TPSA) is 182 Å². The molecule has 3 aliphatic carbocycles. The summed E-state index contributed by atoms with van der Waals surface area (Å²) in [5.74, 6) is -7.09. The molecule has 42 heavy (non-hydrogen) atoms. The van der Waals surface area contributed by atoms with Crippen molar-refractivity contribution >= 4 is 34.7 Å². The Labute approximate surface area is 242 Å². The number of nitrogens with two attached hydrogens (primary N) is 1. The van der Waals surface area contributed by atoms with Crippen molar-refractivity contribution in [2.24, 2.45) is 17.6 Å². The van der Waals surface area contributed by atoms with Gasteiger partial charge in [0.1, 0.15) is 22.8 Å². The molecule has 220 valence electrons. The van der Waals surface area contributed by atoms with Gasteiger partial charge in [-0.3, -0.25) is 24.1 Å². The maximum Gasteiger partial charge on any atom is 0.255 e. The number of aliphatic hydroxyl groups excluding tert-OH is 2. The van der Waals surface area contributed by atoms with Crippen LogP contribution in [0.2, 0.25) is 0 Å². The number of phenolic OH excluding ortho intramolecular Hbond substituents is 1. The number of rotatable bonds is 5. The summed E-state index contributed by atoms with van der Waals surface area (Å²) in [4.78, 5) is 54.6. The van der Waals surface area contributed by atoms with Crippen LogP contribution in [0, 0.1) is 11.8 Å². The van der Waals surface area contributed by atoms with Crippen LogP contribution in [0.25, 0.3) is 16.9 Å². The molecule has 0 saturated heterocycles. The molecule has 0 bridgehead atoms. The van der Waals surface area contributed by atoms with Gasteiger partial charge in [-0.2, -0.15) is 0 Å². The van der Waals surface area contributed by atoms with Crippen molar-refractivity contribution in [1.82, 2.24) is 4.90 Å². The molecular weight excluding hydrogens is 542 g/mol. The highest BCUT2D eigenvalue weighted by Crippen LogP contribution is 2.54. The number of likely N-dealkylation sites (N-methyl/N-ethyl adjacent to an activating group) is 1. The SMILES string of the molecule is CC(=O)c1ccc(-c2cc(N(C)C)c3c(c2O)C(O)=C2C(=O)[C@@]4(O)C(O)=C(C(N)=O)C(=O)[C@@H](N(C)C)[C@H]4C[C@H]2C3)cc1. The van der Waals surface area contributed by atoms with Crippen LogP contribution >= 0.6 is 0 Å². The number of ketones is 3. The number of Topliss-reactive ketones (excluding diaryl/α,β-unsaturated/α-hetero) is 3. The smallest absolute Gasteiger partial charge is 0.255 e. The minimum absolute atomic E-state index is 0.00290. The first-order valence-electron chi connectivity index (χ1n) is 13.4. The van der Waals surface area contributed by atoms with Gasteiger partial charge in [0.05, 0.1) is 11.6 Å². The van der Waals surface area contributed by atoms with E-state index in [0.29, 0.717) is 27.9 Å². The minimum atomic E-state index is -2.70. The number of nitrogens with zero attached hydrogens (tertiary/aromatic N) is 2. The first-order chi connectivity index (χ1) is 19.6. The Morgan fingerprint density at radius 3 is 2.17 bits per heavy atom. The lowest BCUT2D eigenvalue weighted by molar-refractivity contribution is -0.153. The number of phenols is 1. The van der Waals surface area contributed by atoms with Crippen LogP contribution in [-0.2, 0) is 20.8 Å². The zero-order valence-electron chi connectivity index (χ0n) is 23.9. The summed E-state index contributed by atoms with van der Waals surface area (Å²) >= 11 is 0. The fraction of sp³-hybridized carbons (Fsp3) is 0.355. The Bertz CT molecular complexity index is 1640. The maximum absolute atomic E-state index is 14.1. The molecule has 6 N–H and O–H groups in total. The lowest BCUT2D eigenvalue weighted by atomic mass is 9.57. The summed E-state index contributed by atoms with van der Waals surface area (Å²) in [5.41, 5.74) is 4.22. The van der Waals surface area contributed by atoms with Crippen molar-refractivity contribution in [1.29, 1.82) is 0 Å². The van der Waals surface area contributed by atoms with Crippen molar-refractivity contribution in [3.05, 3.63) is 63.9 Å². The number of aromatic hydroxyl groups is 1. The fourth-order valence-electron chi connectivity index (χ4n) is 6.80. The molecule has 0 radical (unpaired) electrons. The van der Waals surface area contributed by atoms with Gasteiger partial charge in [-0.15, -0.1) is 0 Å². The number of benzene rings is 2. The second-order valence-corrected chi connectivity index (χ2v) is 11.6. The zero-order valence-corrected chi connectivity index (χ0v) is 23.9. The second-order valence-electron chi connectivity index (χ2n) is 11.6. The van der Waals surface area contributed by atoms with Crippen molar-refractivity contribution in [3.8, 4) is 16.9 Å². The first-order valence-corrected chi connectivity index (χ1v) is 13.4. The number of hydrogen-bond acceptors (Lipinski definition) is 10. The van der Waals surface area contributed by atoms with E-state index in [1.54, 1.807) is 58.5 Å². The van der Waals surface area contributed by atoms with Crippen LogP contribution in [0.4, 0.5) is 5.69 Å². The molecule has 0 aromatic heterocycles. The molecule has 0 heterocycles. The molecule has 11 nitrogen and oxygen atoms in total. The number of anilines is 1. The molecule has 0 spiro atoms. The summed E-state index contributed by atoms with van der Waals surface area (Å²) < 4.78 is 0. The Morgan fingerprint density at radius 1 is 1.02 bits per heavy atom. The van der Waals surface area contributed by atoms with Gasteiger partial charge in [-0.05, 0) is 57.0 Å². The van der Waals surface area contributed by atoms with Gasteiger partial charge < -0.3 is 31.1 Å². The van der Waals surface area contributed by atoms with Crippen LogP contribution < -0.4 is 10.6 Å². The average molecular weight is 576 g/mol. The molecule has 1 amide bonds. The van der Waals surface area contributed by atoms with Gasteiger partial charge in [-0.1, -0.05) is 24.3 Å². The molecule has 0 unspecified atom stereocenters. The van der Waals surface area contributed by atoms with Gasteiger partial charge in [0.15, 0.2) is 17.2 Å². The predicted molar refractivity (Wildman–Crippen MR) is 154 cm³/mol. The van der Waals surface area contributed by atoms with Crippen molar-refractivity contribution < 1.29 is 39.6 Å². The number of aliphatic hydroxyl groups is 3. The Morgan fingerprint density at radius 2 is 1.64 bits per heavy atom. The van der Waals surface area contributed by atoms with Gasteiger partial charge in [0.25, 0.3) is 5.91 Å². The van der Waals surface area contributed by atoms with E-state index >= 15 is 0 Å². The van der Waals surface area contributed by atoms with E-state index in [4.69, 9.17) is 5.73 Å². The van der Waals surface area contributed by atoms with Crippen molar-refractivity contribution in [2.75, 3.05) is 33.1 Å². The third kappa shape index (κ3) is 3.95. The highest BCUT2D eigenvalue weighted by Gasteiger charge is 2.64. The van der Waals surface area contributed by atoms with Gasteiger partial charge in [0.2, 0.25) is 5.78 Å². The molecule has 2 aromatic carbocycles. The van der Waals surface area contributed by atoms with E-state index in [1.165, 1.54) is 11.8 Å². The van der Waals surface area contributed by atoms with E-state index in [1.807, 2.05) is 4.90 Å². The molecule has 2 aromatic rings. The lowest BCUT2D eigenvalue weighted by Gasteiger charge is -2.50. The third-order valence-corrected chi connectivity index (χ3v) is 8.78. The summed E-state index contributed by atoms with van der Waals surface area (Å²) in [5, 5.41) is 46.0. The minimum Gasteiger partial charge on any atom is -0.508 e. The molecule has 11 heteroatoms. The maximum atomic E-state index is 14.1. The van der Waals surface area contributed by atoms with Crippen molar-refractivity contribution in [3.63, 3.8) is 0 Å². The standard InChI is InChI=1S/C31H33N3O8/c1-13(35)14-6-8-15(9-7-14)17-12-20(33(2)3)18-10-16-11-19-24(34(4)5)27(38)23(30(32)41)29(40)31(19,42)28(39)21(16)26(37)22(18)25(17)36/h6-9,12,16,19,24,36-37,40,42H,10-11H2,1-5H3,(H2,32,41)/t16-,19-,24+,31-/m1/s1. The molecule has 1 fully saturated rings. The van der Waals surface area contributed by atoms with Crippen LogP contribution in [0.15, 0.2) is 47.2 Å². The van der Waals surface area contributed by atoms with E-state index in [2.05, 4.69) is 0 Å². The second kappa shape index (κ2) is 9.81. The highest BCUT2D eigenvalue weighted by molar-refractivity contribution is 6.24. The Balaban J connectivity index is 1.75. The highest BCUT2D eigenvalue weighted by atomic mass is 16.3. The van der Waals surface area contributed by atoms with Crippen molar-refractivity contribution in [2.45, 2.75) is 31.4 Å². The third-order valence-electron chi connectivity index (χ3n) is 8.78. The Kier molecular flexibility index (Phi) is 6.78. The summed E-state index contributed by atoms with van der Waals surface area (Å²) in [6, 6.07) is 7.19. The van der Waals surface area contributed by atoms with E-state index in [-0.39, 0.29) is 35.5 Å². The number of hydrogen-bond donors (Lipinski definition) is 5.